The molecule has 0 atom stereocenters. The molecule has 0 saturated heterocycles. The number of anilines is 1. The second kappa shape index (κ2) is 3.91. The van der Waals surface area contributed by atoms with Crippen molar-refractivity contribution in [3.05, 3.63) is 18.5 Å². The van der Waals surface area contributed by atoms with Crippen molar-refractivity contribution in [2.45, 2.75) is 11.4 Å². The van der Waals surface area contributed by atoms with Crippen molar-refractivity contribution in [1.82, 2.24) is 13.9 Å². The SMILES string of the molecule is Cn1cnc(N)c1S(=O)(=O)N1CC=CCC1. The highest BCUT2D eigenvalue weighted by Gasteiger charge is 2.29. The monoisotopic (exact) mass is 242 g/mol. The summed E-state index contributed by atoms with van der Waals surface area (Å²) in [5.41, 5.74) is 5.58. The van der Waals surface area contributed by atoms with Crippen LogP contribution < -0.4 is 5.73 Å². The van der Waals surface area contributed by atoms with Gasteiger partial charge in [-0.15, -0.1) is 0 Å². The molecule has 1 aliphatic heterocycles. The van der Waals surface area contributed by atoms with Crippen LogP contribution in [-0.2, 0) is 17.1 Å². The van der Waals surface area contributed by atoms with Crippen molar-refractivity contribution < 1.29 is 8.42 Å². The lowest BCUT2D eigenvalue weighted by Gasteiger charge is -2.22. The smallest absolute Gasteiger partial charge is 0.262 e. The van der Waals surface area contributed by atoms with Crippen LogP contribution in [0.5, 0.6) is 0 Å². The second-order valence-electron chi connectivity index (χ2n) is 3.67. The highest BCUT2D eigenvalue weighted by atomic mass is 32.2. The Morgan fingerprint density at radius 3 is 2.69 bits per heavy atom. The van der Waals surface area contributed by atoms with Crippen molar-refractivity contribution in [1.29, 1.82) is 0 Å². The van der Waals surface area contributed by atoms with Crippen LogP contribution >= 0.6 is 0 Å². The molecule has 6 nitrogen and oxygen atoms in total. The van der Waals surface area contributed by atoms with E-state index in [1.807, 2.05) is 12.2 Å². The molecule has 0 unspecified atom stereocenters. The highest BCUT2D eigenvalue weighted by Crippen LogP contribution is 2.21. The molecule has 2 rings (SSSR count). The molecular weight excluding hydrogens is 228 g/mol. The van der Waals surface area contributed by atoms with Crippen LogP contribution in [0.4, 0.5) is 5.82 Å². The van der Waals surface area contributed by atoms with Crippen LogP contribution in [-0.4, -0.2) is 35.4 Å². The minimum atomic E-state index is -3.52. The molecule has 2 N–H and O–H groups in total. The van der Waals surface area contributed by atoms with Crippen LogP contribution in [0.2, 0.25) is 0 Å². The van der Waals surface area contributed by atoms with Gasteiger partial charge in [-0.25, -0.2) is 13.4 Å². The van der Waals surface area contributed by atoms with Gasteiger partial charge < -0.3 is 10.3 Å². The molecule has 1 aromatic rings. The van der Waals surface area contributed by atoms with E-state index in [0.717, 1.165) is 6.42 Å². The molecule has 0 spiro atoms. The van der Waals surface area contributed by atoms with Crippen molar-refractivity contribution in [2.24, 2.45) is 7.05 Å². The van der Waals surface area contributed by atoms with Gasteiger partial charge in [-0.1, -0.05) is 12.2 Å². The lowest BCUT2D eigenvalue weighted by molar-refractivity contribution is 0.433. The molecule has 0 aliphatic carbocycles. The minimum Gasteiger partial charge on any atom is -0.381 e. The zero-order valence-corrected chi connectivity index (χ0v) is 9.81. The number of aromatic nitrogens is 2. The summed E-state index contributed by atoms with van der Waals surface area (Å²) >= 11 is 0. The number of imidazole rings is 1. The Kier molecular flexibility index (Phi) is 2.73. The second-order valence-corrected chi connectivity index (χ2v) is 5.52. The fourth-order valence-corrected chi connectivity index (χ4v) is 3.31. The van der Waals surface area contributed by atoms with E-state index in [1.54, 1.807) is 7.05 Å². The van der Waals surface area contributed by atoms with Crippen molar-refractivity contribution in [3.63, 3.8) is 0 Å². The van der Waals surface area contributed by atoms with Gasteiger partial charge in [0.15, 0.2) is 10.8 Å². The van der Waals surface area contributed by atoms with Gasteiger partial charge in [0.1, 0.15) is 0 Å². The van der Waals surface area contributed by atoms with Crippen LogP contribution in [0.1, 0.15) is 6.42 Å². The number of sulfonamides is 1. The Bertz CT molecular complexity index is 498. The molecule has 0 aromatic carbocycles. The molecule has 0 fully saturated rings. The number of hydrogen-bond acceptors (Lipinski definition) is 4. The van der Waals surface area contributed by atoms with Crippen molar-refractivity contribution in [2.75, 3.05) is 18.8 Å². The molecule has 0 amide bonds. The van der Waals surface area contributed by atoms with Gasteiger partial charge >= 0.3 is 0 Å². The van der Waals surface area contributed by atoms with E-state index in [1.165, 1.54) is 15.2 Å². The summed E-state index contributed by atoms with van der Waals surface area (Å²) in [5.74, 6) is 0.0528. The van der Waals surface area contributed by atoms with E-state index >= 15 is 0 Å². The molecule has 88 valence electrons. The fourth-order valence-electron chi connectivity index (χ4n) is 1.71. The minimum absolute atomic E-state index is 0.0528. The van der Waals surface area contributed by atoms with Gasteiger partial charge in [-0.05, 0) is 6.42 Å². The average Bonchev–Trinajstić information content (AvgIpc) is 2.60. The molecule has 1 aromatic heterocycles. The van der Waals surface area contributed by atoms with Crippen LogP contribution in [0.3, 0.4) is 0 Å². The first-order valence-corrected chi connectivity index (χ1v) is 6.39. The van der Waals surface area contributed by atoms with Gasteiger partial charge in [0.25, 0.3) is 10.0 Å². The summed E-state index contributed by atoms with van der Waals surface area (Å²) in [6.07, 6.45) is 5.95. The highest BCUT2D eigenvalue weighted by molar-refractivity contribution is 7.89. The van der Waals surface area contributed by atoms with Crippen molar-refractivity contribution >= 4 is 15.8 Å². The van der Waals surface area contributed by atoms with Crippen LogP contribution in [0, 0.1) is 0 Å². The van der Waals surface area contributed by atoms with Gasteiger partial charge in [0.05, 0.1) is 6.33 Å². The summed E-state index contributed by atoms with van der Waals surface area (Å²) in [7, 11) is -1.90. The maximum absolute atomic E-state index is 12.2. The third-order valence-corrected chi connectivity index (χ3v) is 4.51. The first-order chi connectivity index (χ1) is 7.53. The first-order valence-electron chi connectivity index (χ1n) is 4.95. The fraction of sp³-hybridized carbons (Fsp3) is 0.444. The number of aryl methyl sites for hydroxylation is 1. The molecule has 2 heterocycles. The molecule has 16 heavy (non-hydrogen) atoms. The molecule has 0 radical (unpaired) electrons. The van der Waals surface area contributed by atoms with Gasteiger partial charge in [-0.2, -0.15) is 4.31 Å². The predicted molar refractivity (Wildman–Crippen MR) is 60.1 cm³/mol. The number of nitrogens with zero attached hydrogens (tertiary/aromatic N) is 3. The zero-order chi connectivity index (χ0) is 11.8. The quantitative estimate of drug-likeness (QED) is 0.737. The Labute approximate surface area is 94.4 Å². The maximum atomic E-state index is 12.2. The Balaban J connectivity index is 2.43. The lowest BCUT2D eigenvalue weighted by Crippen LogP contribution is -2.35. The van der Waals surface area contributed by atoms with E-state index in [0.29, 0.717) is 13.1 Å². The van der Waals surface area contributed by atoms with Crippen LogP contribution in [0.25, 0.3) is 0 Å². The number of nitrogen functional groups attached to an aromatic ring is 1. The molecule has 1 aliphatic rings. The third kappa shape index (κ3) is 1.72. The van der Waals surface area contributed by atoms with Crippen LogP contribution in [0.15, 0.2) is 23.5 Å². The van der Waals surface area contributed by atoms with E-state index in [4.69, 9.17) is 5.73 Å². The molecule has 0 bridgehead atoms. The van der Waals surface area contributed by atoms with Gasteiger partial charge in [0.2, 0.25) is 0 Å². The Hall–Kier alpha value is -1.34. The van der Waals surface area contributed by atoms with Crippen molar-refractivity contribution in [3.8, 4) is 0 Å². The number of nitrogens with two attached hydrogens (primary N) is 1. The summed E-state index contributed by atoms with van der Waals surface area (Å²) in [4.78, 5) is 3.79. The number of rotatable bonds is 2. The first kappa shape index (κ1) is 11.2. The van der Waals surface area contributed by atoms with Gasteiger partial charge in [0, 0.05) is 20.1 Å². The topological polar surface area (TPSA) is 81.2 Å². The van der Waals surface area contributed by atoms with Gasteiger partial charge in [-0.3, -0.25) is 0 Å². The van der Waals surface area contributed by atoms with E-state index in [2.05, 4.69) is 4.98 Å². The summed E-state index contributed by atoms with van der Waals surface area (Å²) in [5, 5.41) is 0.0720. The molecule has 7 heteroatoms. The van der Waals surface area contributed by atoms with E-state index in [9.17, 15) is 8.42 Å². The largest absolute Gasteiger partial charge is 0.381 e. The Morgan fingerprint density at radius 2 is 2.19 bits per heavy atom. The van der Waals surface area contributed by atoms with E-state index in [-0.39, 0.29) is 10.8 Å². The van der Waals surface area contributed by atoms with E-state index < -0.39 is 10.0 Å². The zero-order valence-electron chi connectivity index (χ0n) is 9.00. The molecule has 0 saturated carbocycles. The maximum Gasteiger partial charge on any atom is 0.262 e. The number of hydrogen-bond donors (Lipinski definition) is 1. The normalized spacial score (nSPS) is 17.8. The summed E-state index contributed by atoms with van der Waals surface area (Å²) < 4.78 is 27.3. The molecular formula is C9H14N4O2S. The standard InChI is InChI=1S/C9H14N4O2S/c1-12-7-11-8(10)9(12)16(14,15)13-5-3-2-4-6-13/h2-3,7H,4-6,10H2,1H3. The predicted octanol–water partition coefficient (Wildman–Crippen LogP) is -0.0471. The summed E-state index contributed by atoms with van der Waals surface area (Å²) in [6.45, 7) is 0.885. The Morgan fingerprint density at radius 1 is 1.44 bits per heavy atom. The lowest BCUT2D eigenvalue weighted by atomic mass is 10.3. The average molecular weight is 242 g/mol. The third-order valence-electron chi connectivity index (χ3n) is 2.51. The summed E-state index contributed by atoms with van der Waals surface area (Å²) in [6, 6.07) is 0.